The summed E-state index contributed by atoms with van der Waals surface area (Å²) in [5.74, 6) is -1.87. The summed E-state index contributed by atoms with van der Waals surface area (Å²) in [6.07, 6.45) is 0. The normalized spacial score (nSPS) is 17.0. The lowest BCUT2D eigenvalue weighted by Gasteiger charge is -2.38. The number of hydrogen-bond donors (Lipinski definition) is 1. The third-order valence-electron chi connectivity index (χ3n) is 6.65. The second-order valence-corrected chi connectivity index (χ2v) is 9.15. The number of carbonyl (C=O) groups excluding carboxylic acids is 2. The molecular weight excluding hydrogens is 474 g/mol. The molecule has 1 aliphatic rings. The SMILES string of the molecule is CCN1C(=O)C(NC(=O)c2cc(C)cc(F)c2)C(c2ccc(F)cc2)c2c(C)nn(-c3ccccc3)c21. The van der Waals surface area contributed by atoms with Gasteiger partial charge in [0.25, 0.3) is 11.8 Å². The van der Waals surface area contributed by atoms with E-state index in [9.17, 15) is 18.4 Å². The van der Waals surface area contributed by atoms with Crippen LogP contribution < -0.4 is 10.2 Å². The summed E-state index contributed by atoms with van der Waals surface area (Å²) in [5, 5.41) is 7.63. The molecule has 5 rings (SSSR count). The van der Waals surface area contributed by atoms with Crippen LogP contribution in [0.5, 0.6) is 0 Å². The van der Waals surface area contributed by atoms with E-state index in [2.05, 4.69) is 5.32 Å². The Morgan fingerprint density at radius 1 is 0.973 bits per heavy atom. The van der Waals surface area contributed by atoms with Crippen LogP contribution in [0.1, 0.15) is 45.6 Å². The molecule has 8 heteroatoms. The molecule has 2 unspecified atom stereocenters. The molecule has 188 valence electrons. The summed E-state index contributed by atoms with van der Waals surface area (Å²) in [4.78, 5) is 28.9. The third kappa shape index (κ3) is 4.39. The van der Waals surface area contributed by atoms with Crippen molar-refractivity contribution in [3.05, 3.63) is 112 Å². The molecule has 0 aliphatic carbocycles. The number of nitrogens with one attached hydrogen (secondary N) is 1. The maximum atomic E-state index is 14.1. The van der Waals surface area contributed by atoms with Gasteiger partial charge in [0.15, 0.2) is 0 Å². The number of hydrogen-bond acceptors (Lipinski definition) is 3. The predicted molar refractivity (Wildman–Crippen MR) is 137 cm³/mol. The topological polar surface area (TPSA) is 67.2 Å². The highest BCUT2D eigenvalue weighted by molar-refractivity contribution is 6.05. The molecule has 4 aromatic rings. The quantitative estimate of drug-likeness (QED) is 0.416. The van der Waals surface area contributed by atoms with Crippen LogP contribution in [0.2, 0.25) is 0 Å². The van der Waals surface area contributed by atoms with E-state index in [0.717, 1.165) is 17.3 Å². The fraction of sp³-hybridized carbons (Fsp3) is 0.207. The molecule has 0 saturated heterocycles. The van der Waals surface area contributed by atoms with Gasteiger partial charge in [0.05, 0.1) is 11.4 Å². The van der Waals surface area contributed by atoms with Crippen LogP contribution >= 0.6 is 0 Å². The summed E-state index contributed by atoms with van der Waals surface area (Å²) in [6.45, 7) is 5.74. The van der Waals surface area contributed by atoms with Crippen molar-refractivity contribution in [3.8, 4) is 5.69 Å². The minimum absolute atomic E-state index is 0.119. The zero-order valence-electron chi connectivity index (χ0n) is 20.7. The van der Waals surface area contributed by atoms with Crippen LogP contribution in [0.25, 0.3) is 5.69 Å². The van der Waals surface area contributed by atoms with Crippen LogP contribution in [-0.4, -0.2) is 34.2 Å². The number of benzene rings is 3. The lowest BCUT2D eigenvalue weighted by molar-refractivity contribution is -0.121. The van der Waals surface area contributed by atoms with Crippen LogP contribution in [-0.2, 0) is 4.79 Å². The van der Waals surface area contributed by atoms with Gasteiger partial charge in [0, 0.05) is 23.6 Å². The molecule has 6 nitrogen and oxygen atoms in total. The predicted octanol–water partition coefficient (Wildman–Crippen LogP) is 5.06. The molecule has 1 N–H and O–H groups in total. The maximum Gasteiger partial charge on any atom is 0.252 e. The van der Waals surface area contributed by atoms with Crippen molar-refractivity contribution in [2.24, 2.45) is 0 Å². The Hall–Kier alpha value is -4.33. The molecule has 1 aliphatic heterocycles. The minimum Gasteiger partial charge on any atom is -0.339 e. The summed E-state index contributed by atoms with van der Waals surface area (Å²) >= 11 is 0. The van der Waals surface area contributed by atoms with E-state index < -0.39 is 29.5 Å². The molecular formula is C29H26F2N4O2. The minimum atomic E-state index is -1.01. The van der Waals surface area contributed by atoms with Gasteiger partial charge >= 0.3 is 0 Å². The molecule has 1 aromatic heterocycles. The summed E-state index contributed by atoms with van der Waals surface area (Å²) < 4.78 is 29.6. The first-order valence-electron chi connectivity index (χ1n) is 12.1. The number of aryl methyl sites for hydroxylation is 2. The van der Waals surface area contributed by atoms with E-state index in [-0.39, 0.29) is 11.5 Å². The van der Waals surface area contributed by atoms with Gasteiger partial charge in [-0.3, -0.25) is 14.5 Å². The first-order chi connectivity index (χ1) is 17.8. The van der Waals surface area contributed by atoms with E-state index >= 15 is 0 Å². The number of halogens is 2. The van der Waals surface area contributed by atoms with E-state index in [0.29, 0.717) is 29.2 Å². The Labute approximate surface area is 213 Å². The molecule has 3 aromatic carbocycles. The van der Waals surface area contributed by atoms with Gasteiger partial charge in [-0.15, -0.1) is 0 Å². The zero-order valence-corrected chi connectivity index (χ0v) is 20.7. The van der Waals surface area contributed by atoms with Gasteiger partial charge in [-0.1, -0.05) is 30.3 Å². The molecule has 2 heterocycles. The highest BCUT2D eigenvalue weighted by Gasteiger charge is 2.45. The van der Waals surface area contributed by atoms with Gasteiger partial charge in [0.2, 0.25) is 0 Å². The van der Waals surface area contributed by atoms with Gasteiger partial charge in [0.1, 0.15) is 23.5 Å². The van der Waals surface area contributed by atoms with E-state index in [1.807, 2.05) is 44.2 Å². The van der Waals surface area contributed by atoms with Gasteiger partial charge < -0.3 is 5.32 Å². The second-order valence-electron chi connectivity index (χ2n) is 9.15. The smallest absolute Gasteiger partial charge is 0.252 e. The molecule has 0 radical (unpaired) electrons. The second kappa shape index (κ2) is 9.61. The number of likely N-dealkylation sites (N-methyl/N-ethyl adjacent to an activating group) is 1. The fourth-order valence-electron chi connectivity index (χ4n) is 5.05. The number of nitrogens with zero attached hydrogens (tertiary/aromatic N) is 3. The molecule has 0 saturated carbocycles. The van der Waals surface area contributed by atoms with Crippen LogP contribution in [0.3, 0.4) is 0 Å². The van der Waals surface area contributed by atoms with Crippen LogP contribution in [0.15, 0.2) is 72.8 Å². The summed E-state index contributed by atoms with van der Waals surface area (Å²) in [7, 11) is 0. The van der Waals surface area contributed by atoms with E-state index in [4.69, 9.17) is 5.10 Å². The van der Waals surface area contributed by atoms with Gasteiger partial charge in [-0.25, -0.2) is 13.5 Å². The van der Waals surface area contributed by atoms with Crippen molar-refractivity contribution < 1.29 is 18.4 Å². The van der Waals surface area contributed by atoms with Crippen LogP contribution in [0, 0.1) is 25.5 Å². The Bertz CT molecular complexity index is 1460. The molecule has 0 fully saturated rings. The highest BCUT2D eigenvalue weighted by Crippen LogP contribution is 2.43. The van der Waals surface area contributed by atoms with Crippen LogP contribution in [0.4, 0.5) is 14.6 Å². The standard InChI is InChI=1S/C29H26F2N4O2/c1-4-34-28-24(18(3)33-35(28)23-8-6-5-7-9-23)25(19-10-12-21(30)13-11-19)26(29(34)37)32-27(36)20-14-17(2)15-22(31)16-20/h5-16,25-26H,4H2,1-3H3,(H,32,36). The Morgan fingerprint density at radius 2 is 1.68 bits per heavy atom. The fourth-order valence-corrected chi connectivity index (χ4v) is 5.05. The average molecular weight is 501 g/mol. The molecule has 0 bridgehead atoms. The first kappa shape index (κ1) is 24.4. The monoisotopic (exact) mass is 500 g/mol. The number of aromatic nitrogens is 2. The lowest BCUT2D eigenvalue weighted by Crippen LogP contribution is -2.55. The number of fused-ring (bicyclic) bond motifs is 1. The largest absolute Gasteiger partial charge is 0.339 e. The number of para-hydroxylation sites is 1. The number of anilines is 1. The highest BCUT2D eigenvalue weighted by atomic mass is 19.1. The van der Waals surface area contributed by atoms with Crippen molar-refractivity contribution in [2.45, 2.75) is 32.7 Å². The average Bonchev–Trinajstić information content (AvgIpc) is 3.21. The Kier molecular flexibility index (Phi) is 6.33. The third-order valence-corrected chi connectivity index (χ3v) is 6.65. The van der Waals surface area contributed by atoms with Gasteiger partial charge in [-0.05, 0) is 74.4 Å². The Balaban J connectivity index is 1.68. The zero-order chi connectivity index (χ0) is 26.3. The molecule has 37 heavy (non-hydrogen) atoms. The van der Waals surface area contributed by atoms with Gasteiger partial charge in [-0.2, -0.15) is 5.10 Å². The van der Waals surface area contributed by atoms with Crippen molar-refractivity contribution >= 4 is 17.6 Å². The number of carbonyl (C=O) groups is 2. The summed E-state index contributed by atoms with van der Waals surface area (Å²) in [6, 6.07) is 18.4. The van der Waals surface area contributed by atoms with E-state index in [1.54, 1.807) is 34.7 Å². The first-order valence-corrected chi connectivity index (χ1v) is 12.1. The number of amides is 2. The summed E-state index contributed by atoms with van der Waals surface area (Å²) in [5.41, 5.74) is 3.59. The molecule has 0 spiro atoms. The van der Waals surface area contributed by atoms with Crippen molar-refractivity contribution in [1.82, 2.24) is 15.1 Å². The Morgan fingerprint density at radius 3 is 2.32 bits per heavy atom. The molecule has 2 amide bonds. The molecule has 2 atom stereocenters. The van der Waals surface area contributed by atoms with Crippen molar-refractivity contribution in [2.75, 3.05) is 11.4 Å². The van der Waals surface area contributed by atoms with Crippen molar-refractivity contribution in [3.63, 3.8) is 0 Å². The lowest BCUT2D eigenvalue weighted by atomic mass is 9.81. The maximum absolute atomic E-state index is 14.1. The van der Waals surface area contributed by atoms with Crippen molar-refractivity contribution in [1.29, 1.82) is 0 Å². The number of rotatable bonds is 5. The van der Waals surface area contributed by atoms with E-state index in [1.165, 1.54) is 18.2 Å².